The van der Waals surface area contributed by atoms with Gasteiger partial charge in [-0.1, -0.05) is 0 Å². The SMILES string of the molecule is CCOCC1CCCN(c2nc(-c3ccncc3)nc3c2CCC3)C1. The van der Waals surface area contributed by atoms with E-state index >= 15 is 0 Å². The molecule has 2 aliphatic rings. The van der Waals surface area contributed by atoms with Crippen LogP contribution < -0.4 is 4.90 Å². The number of anilines is 1. The maximum Gasteiger partial charge on any atom is 0.161 e. The van der Waals surface area contributed by atoms with Crippen molar-refractivity contribution in [3.63, 3.8) is 0 Å². The minimum Gasteiger partial charge on any atom is -0.381 e. The molecule has 1 saturated heterocycles. The fraction of sp³-hybridized carbons (Fsp3) is 0.550. The lowest BCUT2D eigenvalue weighted by Gasteiger charge is -2.34. The Morgan fingerprint density at radius 3 is 2.88 bits per heavy atom. The van der Waals surface area contributed by atoms with E-state index in [0.717, 1.165) is 56.4 Å². The lowest BCUT2D eigenvalue weighted by molar-refractivity contribution is 0.104. The second kappa shape index (κ2) is 7.48. The molecular weight excluding hydrogens is 312 g/mol. The maximum atomic E-state index is 5.68. The van der Waals surface area contributed by atoms with Crippen LogP contribution >= 0.6 is 0 Å². The van der Waals surface area contributed by atoms with Crippen LogP contribution in [0.1, 0.15) is 37.4 Å². The Morgan fingerprint density at radius 2 is 2.04 bits per heavy atom. The molecule has 0 amide bonds. The van der Waals surface area contributed by atoms with Gasteiger partial charge >= 0.3 is 0 Å². The van der Waals surface area contributed by atoms with Crippen molar-refractivity contribution in [1.29, 1.82) is 0 Å². The average molecular weight is 338 g/mol. The van der Waals surface area contributed by atoms with Crippen LogP contribution in [0, 0.1) is 5.92 Å². The first-order chi connectivity index (χ1) is 12.3. The number of piperidine rings is 1. The van der Waals surface area contributed by atoms with E-state index in [9.17, 15) is 0 Å². The Hall–Kier alpha value is -2.01. The topological polar surface area (TPSA) is 51.1 Å². The summed E-state index contributed by atoms with van der Waals surface area (Å²) >= 11 is 0. The Balaban J connectivity index is 1.65. The van der Waals surface area contributed by atoms with Gasteiger partial charge in [-0.15, -0.1) is 0 Å². The number of nitrogens with zero attached hydrogens (tertiary/aromatic N) is 4. The van der Waals surface area contributed by atoms with Crippen LogP contribution in [0.3, 0.4) is 0 Å². The number of hydrogen-bond acceptors (Lipinski definition) is 5. The zero-order chi connectivity index (χ0) is 17.1. The molecule has 4 rings (SSSR count). The summed E-state index contributed by atoms with van der Waals surface area (Å²) in [4.78, 5) is 16.4. The largest absolute Gasteiger partial charge is 0.381 e. The van der Waals surface area contributed by atoms with E-state index < -0.39 is 0 Å². The lowest BCUT2D eigenvalue weighted by Crippen LogP contribution is -2.38. The first-order valence-corrected chi connectivity index (χ1v) is 9.48. The monoisotopic (exact) mass is 338 g/mol. The summed E-state index contributed by atoms with van der Waals surface area (Å²) < 4.78 is 5.68. The standard InChI is InChI=1S/C20H26N4O/c1-2-25-14-15-5-4-12-24(13-15)20-17-6-3-7-18(17)22-19(23-20)16-8-10-21-11-9-16/h8-11,15H,2-7,12-14H2,1H3. The van der Waals surface area contributed by atoms with E-state index in [4.69, 9.17) is 14.7 Å². The Kier molecular flexibility index (Phi) is 4.92. The van der Waals surface area contributed by atoms with Gasteiger partial charge in [-0.2, -0.15) is 0 Å². The fourth-order valence-corrected chi connectivity index (χ4v) is 3.98. The van der Waals surface area contributed by atoms with Crippen molar-refractivity contribution in [3.05, 3.63) is 35.8 Å². The van der Waals surface area contributed by atoms with Gasteiger partial charge in [-0.3, -0.25) is 4.98 Å². The van der Waals surface area contributed by atoms with Crippen LogP contribution in [-0.2, 0) is 17.6 Å². The highest BCUT2D eigenvalue weighted by atomic mass is 16.5. The number of aryl methyl sites for hydroxylation is 1. The molecule has 0 bridgehead atoms. The molecule has 0 N–H and O–H groups in total. The van der Waals surface area contributed by atoms with Crippen molar-refractivity contribution in [2.45, 2.75) is 39.0 Å². The van der Waals surface area contributed by atoms with Gasteiger partial charge in [0.2, 0.25) is 0 Å². The number of rotatable bonds is 5. The molecule has 5 nitrogen and oxygen atoms in total. The van der Waals surface area contributed by atoms with Crippen molar-refractivity contribution in [2.24, 2.45) is 5.92 Å². The third kappa shape index (κ3) is 3.52. The summed E-state index contributed by atoms with van der Waals surface area (Å²) in [5, 5.41) is 0. The van der Waals surface area contributed by atoms with Crippen molar-refractivity contribution in [2.75, 3.05) is 31.2 Å². The summed E-state index contributed by atoms with van der Waals surface area (Å²) in [6.45, 7) is 5.85. The molecule has 1 aliphatic heterocycles. The zero-order valence-electron chi connectivity index (χ0n) is 14.9. The summed E-state index contributed by atoms with van der Waals surface area (Å²) in [6.07, 6.45) is 9.44. The molecule has 0 aromatic carbocycles. The van der Waals surface area contributed by atoms with Crippen molar-refractivity contribution in [3.8, 4) is 11.4 Å². The minimum absolute atomic E-state index is 0.602. The minimum atomic E-state index is 0.602. The molecule has 3 heterocycles. The smallest absolute Gasteiger partial charge is 0.161 e. The first-order valence-electron chi connectivity index (χ1n) is 9.48. The predicted octanol–water partition coefficient (Wildman–Crippen LogP) is 3.28. The van der Waals surface area contributed by atoms with E-state index in [1.165, 1.54) is 30.5 Å². The third-order valence-electron chi connectivity index (χ3n) is 5.23. The molecule has 25 heavy (non-hydrogen) atoms. The molecule has 2 aromatic heterocycles. The van der Waals surface area contributed by atoms with Crippen LogP contribution in [0.25, 0.3) is 11.4 Å². The number of hydrogen-bond donors (Lipinski definition) is 0. The van der Waals surface area contributed by atoms with Crippen LogP contribution in [0.15, 0.2) is 24.5 Å². The number of ether oxygens (including phenoxy) is 1. The van der Waals surface area contributed by atoms with Crippen LogP contribution in [-0.4, -0.2) is 41.3 Å². The summed E-state index contributed by atoms with van der Waals surface area (Å²) in [5.41, 5.74) is 3.66. The third-order valence-corrected chi connectivity index (χ3v) is 5.23. The van der Waals surface area contributed by atoms with Gasteiger partial charge < -0.3 is 9.64 Å². The zero-order valence-corrected chi connectivity index (χ0v) is 14.9. The van der Waals surface area contributed by atoms with Gasteiger partial charge in [0.15, 0.2) is 5.82 Å². The molecular formula is C20H26N4O. The molecule has 1 fully saturated rings. The lowest BCUT2D eigenvalue weighted by atomic mass is 9.98. The van der Waals surface area contributed by atoms with E-state index in [0.29, 0.717) is 5.92 Å². The molecule has 1 unspecified atom stereocenters. The second-order valence-electron chi connectivity index (χ2n) is 7.00. The molecule has 1 atom stereocenters. The van der Waals surface area contributed by atoms with Gasteiger partial charge in [-0.05, 0) is 57.1 Å². The Bertz CT molecular complexity index is 719. The van der Waals surface area contributed by atoms with E-state index in [1.807, 2.05) is 24.5 Å². The summed E-state index contributed by atoms with van der Waals surface area (Å²) in [5.74, 6) is 2.60. The van der Waals surface area contributed by atoms with Crippen molar-refractivity contribution >= 4 is 5.82 Å². The van der Waals surface area contributed by atoms with Crippen molar-refractivity contribution in [1.82, 2.24) is 15.0 Å². The van der Waals surface area contributed by atoms with Gasteiger partial charge in [0.1, 0.15) is 5.82 Å². The molecule has 1 aliphatic carbocycles. The van der Waals surface area contributed by atoms with E-state index in [1.54, 1.807) is 0 Å². The highest BCUT2D eigenvalue weighted by molar-refractivity contribution is 5.61. The number of fused-ring (bicyclic) bond motifs is 1. The predicted molar refractivity (Wildman–Crippen MR) is 98.7 cm³/mol. The maximum absolute atomic E-state index is 5.68. The normalized spacial score (nSPS) is 19.9. The second-order valence-corrected chi connectivity index (χ2v) is 7.00. The Labute approximate surface area is 149 Å². The highest BCUT2D eigenvalue weighted by Crippen LogP contribution is 2.33. The summed E-state index contributed by atoms with van der Waals surface area (Å²) in [7, 11) is 0. The molecule has 0 saturated carbocycles. The highest BCUT2D eigenvalue weighted by Gasteiger charge is 2.27. The number of aromatic nitrogens is 3. The van der Waals surface area contributed by atoms with E-state index in [2.05, 4.69) is 16.8 Å². The molecule has 132 valence electrons. The summed E-state index contributed by atoms with van der Waals surface area (Å²) in [6, 6.07) is 3.99. The van der Waals surface area contributed by atoms with Gasteiger partial charge in [0.25, 0.3) is 0 Å². The van der Waals surface area contributed by atoms with E-state index in [-0.39, 0.29) is 0 Å². The first kappa shape index (κ1) is 16.5. The number of pyridine rings is 1. The molecule has 0 spiro atoms. The Morgan fingerprint density at radius 1 is 1.16 bits per heavy atom. The van der Waals surface area contributed by atoms with Gasteiger partial charge in [0.05, 0.1) is 6.61 Å². The quantitative estimate of drug-likeness (QED) is 0.837. The fourth-order valence-electron chi connectivity index (χ4n) is 3.98. The molecule has 0 radical (unpaired) electrons. The molecule has 2 aromatic rings. The van der Waals surface area contributed by atoms with Crippen LogP contribution in [0.5, 0.6) is 0 Å². The molecule has 5 heteroatoms. The van der Waals surface area contributed by atoms with Crippen molar-refractivity contribution < 1.29 is 4.74 Å². The van der Waals surface area contributed by atoms with Gasteiger partial charge in [0, 0.05) is 48.9 Å². The van der Waals surface area contributed by atoms with Crippen LogP contribution in [0.4, 0.5) is 5.82 Å². The average Bonchev–Trinajstić information content (AvgIpc) is 3.15. The van der Waals surface area contributed by atoms with Crippen LogP contribution in [0.2, 0.25) is 0 Å². The van der Waals surface area contributed by atoms with Gasteiger partial charge in [-0.25, -0.2) is 9.97 Å².